The van der Waals surface area contributed by atoms with Gasteiger partial charge in [-0.2, -0.15) is 0 Å². The number of hydrogen-bond donors (Lipinski definition) is 1. The van der Waals surface area contributed by atoms with Crippen LogP contribution in [0.4, 0.5) is 5.69 Å². The van der Waals surface area contributed by atoms with Crippen LogP contribution in [0.2, 0.25) is 5.02 Å². The van der Waals surface area contributed by atoms with E-state index in [-0.39, 0.29) is 19.0 Å². The maximum atomic E-state index is 12.8. The first kappa shape index (κ1) is 18.2. The maximum absolute atomic E-state index is 12.8. The van der Waals surface area contributed by atoms with E-state index >= 15 is 0 Å². The number of para-hydroxylation sites is 2. The van der Waals surface area contributed by atoms with Crippen molar-refractivity contribution in [2.24, 2.45) is 5.73 Å². The van der Waals surface area contributed by atoms with E-state index in [0.717, 1.165) is 5.56 Å². The molecule has 0 aliphatic carbocycles. The average Bonchev–Trinajstić information content (AvgIpc) is 2.60. The van der Waals surface area contributed by atoms with E-state index in [2.05, 4.69) is 0 Å². The van der Waals surface area contributed by atoms with Crippen molar-refractivity contribution in [1.29, 1.82) is 0 Å². The average molecular weight is 374 g/mol. The fraction of sp³-hybridized carbons (Fsp3) is 0.263. The number of halogens is 1. The second-order valence-corrected chi connectivity index (χ2v) is 6.72. The van der Waals surface area contributed by atoms with Gasteiger partial charge in [-0.15, -0.1) is 0 Å². The Morgan fingerprint density at radius 3 is 2.77 bits per heavy atom. The summed E-state index contributed by atoms with van der Waals surface area (Å²) >= 11 is 6.01. The first-order valence-electron chi connectivity index (χ1n) is 8.22. The minimum Gasteiger partial charge on any atom is -0.477 e. The van der Waals surface area contributed by atoms with E-state index in [9.17, 15) is 9.59 Å². The molecule has 0 saturated carbocycles. The summed E-state index contributed by atoms with van der Waals surface area (Å²) in [5.41, 5.74) is 7.04. The minimum absolute atomic E-state index is 0.107. The van der Waals surface area contributed by atoms with Crippen LogP contribution in [-0.2, 0) is 16.1 Å². The smallest absolute Gasteiger partial charge is 0.260 e. The molecule has 6 nitrogen and oxygen atoms in total. The van der Waals surface area contributed by atoms with Gasteiger partial charge in [0.05, 0.1) is 18.8 Å². The molecule has 2 aromatic carbocycles. The molecule has 26 heavy (non-hydrogen) atoms. The van der Waals surface area contributed by atoms with Crippen LogP contribution >= 0.6 is 11.6 Å². The van der Waals surface area contributed by atoms with Crippen LogP contribution in [0.25, 0.3) is 0 Å². The molecule has 0 fully saturated rings. The highest BCUT2D eigenvalue weighted by molar-refractivity contribution is 6.30. The fourth-order valence-electron chi connectivity index (χ4n) is 2.94. The lowest BCUT2D eigenvalue weighted by Crippen LogP contribution is -2.51. The van der Waals surface area contributed by atoms with Gasteiger partial charge >= 0.3 is 0 Å². The first-order valence-corrected chi connectivity index (χ1v) is 8.60. The number of nitrogens with two attached hydrogens (primary N) is 1. The van der Waals surface area contributed by atoms with Crippen LogP contribution in [0.3, 0.4) is 0 Å². The lowest BCUT2D eigenvalue weighted by molar-refractivity contribution is -0.125. The normalized spacial score (nSPS) is 16.1. The van der Waals surface area contributed by atoms with Gasteiger partial charge in [-0.1, -0.05) is 35.9 Å². The third-order valence-electron chi connectivity index (χ3n) is 4.14. The topological polar surface area (TPSA) is 75.9 Å². The number of hydrogen-bond acceptors (Lipinski definition) is 4. The van der Waals surface area contributed by atoms with E-state index in [0.29, 0.717) is 23.0 Å². The summed E-state index contributed by atoms with van der Waals surface area (Å²) < 4.78 is 5.59. The molecule has 1 aliphatic heterocycles. The van der Waals surface area contributed by atoms with Gasteiger partial charge in [-0.3, -0.25) is 14.5 Å². The number of primary amides is 1. The van der Waals surface area contributed by atoms with Gasteiger partial charge < -0.3 is 15.4 Å². The number of amides is 2. The van der Waals surface area contributed by atoms with Gasteiger partial charge in [0.25, 0.3) is 5.91 Å². The molecule has 3 rings (SSSR count). The summed E-state index contributed by atoms with van der Waals surface area (Å²) in [6, 6.07) is 14.6. The van der Waals surface area contributed by atoms with Crippen LogP contribution in [0.1, 0.15) is 5.56 Å². The summed E-state index contributed by atoms with van der Waals surface area (Å²) in [4.78, 5) is 27.9. The Kier molecular flexibility index (Phi) is 5.44. The molecule has 7 heteroatoms. The highest BCUT2D eigenvalue weighted by Crippen LogP contribution is 2.33. The fourth-order valence-corrected chi connectivity index (χ4v) is 3.15. The number of fused-ring (bicyclic) bond motifs is 1. The molecule has 2 amide bonds. The SMILES string of the molecule is CN(CC(=O)N1CC(C(N)=O)Oc2ccccc21)Cc1cccc(Cl)c1. The molecule has 0 bridgehead atoms. The predicted octanol–water partition coefficient (Wildman–Crippen LogP) is 2.05. The Hall–Kier alpha value is -2.57. The highest BCUT2D eigenvalue weighted by atomic mass is 35.5. The number of nitrogens with zero attached hydrogens (tertiary/aromatic N) is 2. The van der Waals surface area contributed by atoms with Crippen molar-refractivity contribution < 1.29 is 14.3 Å². The van der Waals surface area contributed by atoms with Gasteiger partial charge in [-0.25, -0.2) is 0 Å². The van der Waals surface area contributed by atoms with Gasteiger partial charge in [0, 0.05) is 11.6 Å². The quantitative estimate of drug-likeness (QED) is 0.870. The molecule has 0 aromatic heterocycles. The number of carbonyl (C=O) groups is 2. The maximum Gasteiger partial charge on any atom is 0.260 e. The summed E-state index contributed by atoms with van der Waals surface area (Å²) in [5, 5.41) is 0.661. The molecule has 136 valence electrons. The van der Waals surface area contributed by atoms with Crippen molar-refractivity contribution in [3.05, 3.63) is 59.1 Å². The third kappa shape index (κ3) is 4.15. The van der Waals surface area contributed by atoms with E-state index in [1.165, 1.54) is 0 Å². The molecule has 1 unspecified atom stereocenters. The van der Waals surface area contributed by atoms with Crippen LogP contribution in [0.5, 0.6) is 5.75 Å². The van der Waals surface area contributed by atoms with Gasteiger partial charge in [-0.05, 0) is 36.9 Å². The molecular weight excluding hydrogens is 354 g/mol. The molecule has 1 aliphatic rings. The molecular formula is C19H20ClN3O3. The minimum atomic E-state index is -0.855. The van der Waals surface area contributed by atoms with Gasteiger partial charge in [0.15, 0.2) is 6.10 Å². The van der Waals surface area contributed by atoms with Gasteiger partial charge in [0.1, 0.15) is 5.75 Å². The predicted molar refractivity (Wildman–Crippen MR) is 100 cm³/mol. The summed E-state index contributed by atoms with van der Waals surface area (Å²) in [6.07, 6.45) is -0.855. The lowest BCUT2D eigenvalue weighted by atomic mass is 10.1. The first-order chi connectivity index (χ1) is 12.4. The Balaban J connectivity index is 1.73. The van der Waals surface area contributed by atoms with Crippen molar-refractivity contribution in [3.8, 4) is 5.75 Å². The zero-order valence-corrected chi connectivity index (χ0v) is 15.1. The van der Waals surface area contributed by atoms with E-state index in [4.69, 9.17) is 22.1 Å². The van der Waals surface area contributed by atoms with E-state index in [1.54, 1.807) is 23.1 Å². The zero-order chi connectivity index (χ0) is 18.7. The van der Waals surface area contributed by atoms with Gasteiger partial charge in [0.2, 0.25) is 5.91 Å². The molecule has 0 saturated heterocycles. The number of ether oxygens (including phenoxy) is 1. The summed E-state index contributed by atoms with van der Waals surface area (Å²) in [7, 11) is 1.86. The Morgan fingerprint density at radius 2 is 2.04 bits per heavy atom. The number of carbonyl (C=O) groups excluding carboxylic acids is 2. The number of rotatable bonds is 5. The van der Waals surface area contributed by atoms with Crippen LogP contribution in [0, 0.1) is 0 Å². The van der Waals surface area contributed by atoms with Crippen LogP contribution < -0.4 is 15.4 Å². The summed E-state index contributed by atoms with van der Waals surface area (Å²) in [5.74, 6) is -0.241. The van der Waals surface area contributed by atoms with Crippen LogP contribution in [-0.4, -0.2) is 43.0 Å². The Morgan fingerprint density at radius 1 is 1.27 bits per heavy atom. The molecule has 2 aromatic rings. The largest absolute Gasteiger partial charge is 0.477 e. The lowest BCUT2D eigenvalue weighted by Gasteiger charge is -2.34. The monoisotopic (exact) mass is 373 g/mol. The van der Waals surface area contributed by atoms with Crippen molar-refractivity contribution in [2.75, 3.05) is 25.0 Å². The highest BCUT2D eigenvalue weighted by Gasteiger charge is 2.32. The number of benzene rings is 2. The third-order valence-corrected chi connectivity index (χ3v) is 4.37. The van der Waals surface area contributed by atoms with E-state index < -0.39 is 12.0 Å². The van der Waals surface area contributed by atoms with E-state index in [1.807, 2.05) is 42.3 Å². The number of likely N-dealkylation sites (N-methyl/N-ethyl adjacent to an activating group) is 1. The molecule has 1 heterocycles. The number of anilines is 1. The Labute approximate surface area is 157 Å². The molecule has 0 spiro atoms. The Bertz CT molecular complexity index is 827. The van der Waals surface area contributed by atoms with Crippen molar-refractivity contribution >= 4 is 29.1 Å². The zero-order valence-electron chi connectivity index (χ0n) is 14.4. The standard InChI is InChI=1S/C19H20ClN3O3/c1-22(10-13-5-4-6-14(20)9-13)12-18(24)23-11-17(19(21)25)26-16-8-3-2-7-15(16)23/h2-9,17H,10-12H2,1H3,(H2,21,25). The summed E-state index contributed by atoms with van der Waals surface area (Å²) in [6.45, 7) is 0.875. The molecule has 0 radical (unpaired) electrons. The van der Waals surface area contributed by atoms with Crippen molar-refractivity contribution in [1.82, 2.24) is 4.90 Å². The van der Waals surface area contributed by atoms with Crippen molar-refractivity contribution in [3.63, 3.8) is 0 Å². The van der Waals surface area contributed by atoms with Crippen LogP contribution in [0.15, 0.2) is 48.5 Å². The second-order valence-electron chi connectivity index (χ2n) is 6.28. The van der Waals surface area contributed by atoms with Crippen molar-refractivity contribution in [2.45, 2.75) is 12.6 Å². The molecule has 2 N–H and O–H groups in total. The molecule has 1 atom stereocenters. The second kappa shape index (κ2) is 7.76.